The highest BCUT2D eigenvalue weighted by molar-refractivity contribution is 5.82. The summed E-state index contributed by atoms with van der Waals surface area (Å²) in [7, 11) is 0. The summed E-state index contributed by atoms with van der Waals surface area (Å²) in [6.45, 7) is 8.63. The van der Waals surface area contributed by atoms with E-state index in [4.69, 9.17) is 0 Å². The third-order valence-electron chi connectivity index (χ3n) is 6.12. The Morgan fingerprint density at radius 3 is 2.33 bits per heavy atom. The van der Waals surface area contributed by atoms with Crippen molar-refractivity contribution in [2.75, 3.05) is 13.1 Å². The van der Waals surface area contributed by atoms with E-state index in [0.717, 1.165) is 19.3 Å². The Morgan fingerprint density at radius 1 is 1.12 bits per heavy atom. The number of rotatable bonds is 5. The van der Waals surface area contributed by atoms with Crippen LogP contribution in [0.2, 0.25) is 0 Å². The fourth-order valence-electron chi connectivity index (χ4n) is 4.47. The van der Waals surface area contributed by atoms with Gasteiger partial charge in [-0.15, -0.1) is 0 Å². The molecular formula is C20H33N3O. The molecule has 4 heteroatoms. The van der Waals surface area contributed by atoms with E-state index in [-0.39, 0.29) is 5.92 Å². The van der Waals surface area contributed by atoms with Crippen LogP contribution in [0, 0.1) is 11.8 Å². The van der Waals surface area contributed by atoms with Gasteiger partial charge in [0.15, 0.2) is 0 Å². The molecule has 1 saturated heterocycles. The summed E-state index contributed by atoms with van der Waals surface area (Å²) in [6.07, 6.45) is 12.3. The zero-order valence-electron chi connectivity index (χ0n) is 15.6. The number of carbonyl (C=O) groups excluding carboxylic acids is 1. The highest BCUT2D eigenvalue weighted by Crippen LogP contribution is 2.32. The molecule has 3 rings (SSSR count). The first-order valence-electron chi connectivity index (χ1n) is 9.89. The Morgan fingerprint density at radius 2 is 1.79 bits per heavy atom. The molecule has 2 aliphatic rings. The lowest BCUT2D eigenvalue weighted by atomic mass is 9.79. The summed E-state index contributed by atoms with van der Waals surface area (Å²) in [5.74, 6) is 1.01. The summed E-state index contributed by atoms with van der Waals surface area (Å²) in [5, 5.41) is 4.55. The molecule has 0 bridgehead atoms. The molecule has 0 spiro atoms. The van der Waals surface area contributed by atoms with Gasteiger partial charge in [0, 0.05) is 37.2 Å². The lowest BCUT2D eigenvalue weighted by molar-refractivity contribution is -0.127. The second-order valence-electron chi connectivity index (χ2n) is 8.01. The van der Waals surface area contributed by atoms with Crippen molar-refractivity contribution in [3.63, 3.8) is 0 Å². The number of hydrogen-bond donors (Lipinski definition) is 0. The second kappa shape index (κ2) is 7.81. The monoisotopic (exact) mass is 331 g/mol. The molecule has 0 atom stereocenters. The van der Waals surface area contributed by atoms with Crippen molar-refractivity contribution in [2.24, 2.45) is 11.8 Å². The van der Waals surface area contributed by atoms with Crippen molar-refractivity contribution in [2.45, 2.75) is 77.8 Å². The summed E-state index contributed by atoms with van der Waals surface area (Å²) in [5.41, 5.74) is 1.34. The minimum atomic E-state index is 0.198. The van der Waals surface area contributed by atoms with Crippen LogP contribution in [0.15, 0.2) is 12.4 Å². The number of Topliss-reactive ketones (excluding diaryl/α,β-unsaturated/α-hetero) is 1. The first kappa shape index (κ1) is 17.7. The number of ketones is 1. The summed E-state index contributed by atoms with van der Waals surface area (Å²) >= 11 is 0. The van der Waals surface area contributed by atoms with Gasteiger partial charge >= 0.3 is 0 Å². The van der Waals surface area contributed by atoms with E-state index >= 15 is 0 Å². The van der Waals surface area contributed by atoms with E-state index in [0.29, 0.717) is 23.8 Å². The maximum absolute atomic E-state index is 12.2. The first-order chi connectivity index (χ1) is 11.6. The quantitative estimate of drug-likeness (QED) is 0.822. The predicted molar refractivity (Wildman–Crippen MR) is 97.0 cm³/mol. The lowest BCUT2D eigenvalue weighted by Crippen LogP contribution is -2.44. The number of aromatic nitrogens is 2. The van der Waals surface area contributed by atoms with Gasteiger partial charge in [-0.1, -0.05) is 20.8 Å². The number of nitrogens with zero attached hydrogens (tertiary/aromatic N) is 3. The smallest absolute Gasteiger partial charge is 0.138 e. The van der Waals surface area contributed by atoms with E-state index in [1.54, 1.807) is 0 Å². The molecule has 2 fully saturated rings. The molecule has 0 amide bonds. The largest absolute Gasteiger partial charge is 0.300 e. The normalized spacial score (nSPS) is 26.8. The van der Waals surface area contributed by atoms with E-state index in [1.165, 1.54) is 44.3 Å². The Hall–Kier alpha value is -1.16. The SMILES string of the molecule is CCc1cnn(C2CCN(C3CCC(C(=O)C(C)C)CC3)CC2)c1. The first-order valence-corrected chi connectivity index (χ1v) is 9.89. The Kier molecular flexibility index (Phi) is 5.75. The summed E-state index contributed by atoms with van der Waals surface area (Å²) in [6, 6.07) is 1.27. The molecule has 24 heavy (non-hydrogen) atoms. The minimum absolute atomic E-state index is 0.198. The van der Waals surface area contributed by atoms with Crippen molar-refractivity contribution in [3.05, 3.63) is 18.0 Å². The third-order valence-corrected chi connectivity index (χ3v) is 6.12. The molecule has 2 heterocycles. The van der Waals surface area contributed by atoms with Crippen LogP contribution < -0.4 is 0 Å². The van der Waals surface area contributed by atoms with Gasteiger partial charge in [-0.2, -0.15) is 5.10 Å². The summed E-state index contributed by atoms with van der Waals surface area (Å²) < 4.78 is 2.19. The van der Waals surface area contributed by atoms with Crippen molar-refractivity contribution < 1.29 is 4.79 Å². The van der Waals surface area contributed by atoms with Crippen LogP contribution in [0.1, 0.15) is 70.9 Å². The second-order valence-corrected chi connectivity index (χ2v) is 8.01. The molecule has 1 aliphatic carbocycles. The standard InChI is InChI=1S/C20H33N3O/c1-4-16-13-21-23(14-16)19-9-11-22(12-10-19)18-7-5-17(6-8-18)20(24)15(2)3/h13-15,17-19H,4-12H2,1-3H3. The van der Waals surface area contributed by atoms with E-state index in [2.05, 4.69) is 27.8 Å². The Bertz CT molecular complexity index is 535. The van der Waals surface area contributed by atoms with Crippen LogP contribution in [0.25, 0.3) is 0 Å². The zero-order valence-corrected chi connectivity index (χ0v) is 15.6. The van der Waals surface area contributed by atoms with E-state index < -0.39 is 0 Å². The summed E-state index contributed by atoms with van der Waals surface area (Å²) in [4.78, 5) is 14.9. The fourth-order valence-corrected chi connectivity index (χ4v) is 4.47. The van der Waals surface area contributed by atoms with E-state index in [1.807, 2.05) is 20.0 Å². The van der Waals surface area contributed by atoms with Gasteiger partial charge in [0.2, 0.25) is 0 Å². The number of piperidine rings is 1. The molecule has 1 aromatic rings. The van der Waals surface area contributed by atoms with Gasteiger partial charge in [-0.3, -0.25) is 9.48 Å². The minimum Gasteiger partial charge on any atom is -0.300 e. The maximum atomic E-state index is 12.2. The number of aryl methyl sites for hydroxylation is 1. The highest BCUT2D eigenvalue weighted by atomic mass is 16.1. The van der Waals surface area contributed by atoms with E-state index in [9.17, 15) is 4.79 Å². The molecule has 4 nitrogen and oxygen atoms in total. The number of likely N-dealkylation sites (tertiary alicyclic amines) is 1. The molecule has 1 aliphatic heterocycles. The third kappa shape index (κ3) is 3.90. The van der Waals surface area contributed by atoms with Gasteiger partial charge < -0.3 is 4.90 Å². The van der Waals surface area contributed by atoms with Crippen LogP contribution >= 0.6 is 0 Å². The molecule has 0 aromatic carbocycles. The topological polar surface area (TPSA) is 38.1 Å². The number of carbonyl (C=O) groups is 1. The van der Waals surface area contributed by atoms with Crippen molar-refractivity contribution >= 4 is 5.78 Å². The highest BCUT2D eigenvalue weighted by Gasteiger charge is 2.32. The number of hydrogen-bond acceptors (Lipinski definition) is 3. The van der Waals surface area contributed by atoms with Gasteiger partial charge in [0.1, 0.15) is 5.78 Å². The molecule has 1 aromatic heterocycles. The predicted octanol–water partition coefficient (Wildman–Crippen LogP) is 3.87. The maximum Gasteiger partial charge on any atom is 0.138 e. The molecule has 134 valence electrons. The average molecular weight is 332 g/mol. The van der Waals surface area contributed by atoms with Gasteiger partial charge in [-0.05, 0) is 50.5 Å². The fraction of sp³-hybridized carbons (Fsp3) is 0.800. The van der Waals surface area contributed by atoms with Crippen LogP contribution in [-0.4, -0.2) is 39.6 Å². The van der Waals surface area contributed by atoms with Crippen LogP contribution in [0.5, 0.6) is 0 Å². The zero-order chi connectivity index (χ0) is 17.1. The van der Waals surface area contributed by atoms with Gasteiger partial charge in [0.25, 0.3) is 0 Å². The van der Waals surface area contributed by atoms with Crippen molar-refractivity contribution in [1.29, 1.82) is 0 Å². The molecule has 0 N–H and O–H groups in total. The molecular weight excluding hydrogens is 298 g/mol. The van der Waals surface area contributed by atoms with Crippen LogP contribution in [-0.2, 0) is 11.2 Å². The van der Waals surface area contributed by atoms with Crippen molar-refractivity contribution in [1.82, 2.24) is 14.7 Å². The van der Waals surface area contributed by atoms with Crippen LogP contribution in [0.4, 0.5) is 0 Å². The Labute approximate surface area is 146 Å². The molecule has 1 saturated carbocycles. The lowest BCUT2D eigenvalue weighted by Gasteiger charge is -2.40. The van der Waals surface area contributed by atoms with Crippen LogP contribution in [0.3, 0.4) is 0 Å². The van der Waals surface area contributed by atoms with Gasteiger partial charge in [0.05, 0.1) is 12.2 Å². The molecule has 0 unspecified atom stereocenters. The molecule has 0 radical (unpaired) electrons. The Balaban J connectivity index is 1.46. The van der Waals surface area contributed by atoms with Gasteiger partial charge in [-0.25, -0.2) is 0 Å². The van der Waals surface area contributed by atoms with Crippen molar-refractivity contribution in [3.8, 4) is 0 Å². The average Bonchev–Trinajstić information content (AvgIpc) is 3.10.